The van der Waals surface area contributed by atoms with Crippen molar-refractivity contribution >= 4 is 5.97 Å². The van der Waals surface area contributed by atoms with Crippen LogP contribution in [-0.2, 0) is 0 Å². The number of carbonyl (C=O) groups is 1. The van der Waals surface area contributed by atoms with Crippen molar-refractivity contribution < 1.29 is 14.3 Å². The van der Waals surface area contributed by atoms with Crippen molar-refractivity contribution in [2.45, 2.75) is 84.0 Å². The molecular weight excluding hydrogens is 374 g/mol. The van der Waals surface area contributed by atoms with Crippen molar-refractivity contribution in [3.63, 3.8) is 0 Å². The molecule has 1 aromatic carbocycles. The van der Waals surface area contributed by atoms with E-state index in [0.717, 1.165) is 18.8 Å². The summed E-state index contributed by atoms with van der Waals surface area (Å²) in [5.74, 6) is 0.930. The van der Waals surface area contributed by atoms with Crippen LogP contribution in [0.4, 0.5) is 0 Å². The molecule has 0 bridgehead atoms. The van der Waals surface area contributed by atoms with E-state index in [0.29, 0.717) is 11.3 Å². The molecule has 2 aromatic rings. The SMILES string of the molecule is CCCCCCCCCCCCCCOc1ccc(OC(=O)c2ccncc2)cc1. The Hall–Kier alpha value is -2.36. The van der Waals surface area contributed by atoms with Crippen molar-refractivity contribution in [1.82, 2.24) is 4.98 Å². The van der Waals surface area contributed by atoms with Crippen LogP contribution < -0.4 is 9.47 Å². The lowest BCUT2D eigenvalue weighted by molar-refractivity contribution is 0.0734. The lowest BCUT2D eigenvalue weighted by Crippen LogP contribution is -2.08. The first kappa shape index (κ1) is 23.9. The summed E-state index contributed by atoms with van der Waals surface area (Å²) in [6.07, 6.45) is 19.2. The molecule has 0 saturated carbocycles. The molecule has 1 heterocycles. The standard InChI is InChI=1S/C26H37NO3/c1-2-3-4-5-6-7-8-9-10-11-12-13-22-29-24-14-16-25(17-15-24)30-26(28)23-18-20-27-21-19-23/h14-21H,2-13,22H2,1H3. The monoisotopic (exact) mass is 411 g/mol. The molecule has 0 spiro atoms. The zero-order chi connectivity index (χ0) is 21.3. The summed E-state index contributed by atoms with van der Waals surface area (Å²) in [4.78, 5) is 15.9. The Bertz CT molecular complexity index is 685. The average Bonchev–Trinajstić information content (AvgIpc) is 2.78. The third-order valence-corrected chi connectivity index (χ3v) is 5.22. The fourth-order valence-corrected chi connectivity index (χ4v) is 3.39. The molecule has 0 saturated heterocycles. The summed E-state index contributed by atoms with van der Waals surface area (Å²) in [5.41, 5.74) is 0.484. The van der Waals surface area contributed by atoms with Crippen LogP contribution in [0.15, 0.2) is 48.8 Å². The van der Waals surface area contributed by atoms with Crippen LogP contribution in [0.3, 0.4) is 0 Å². The summed E-state index contributed by atoms with van der Waals surface area (Å²) in [6.45, 7) is 3.00. The zero-order valence-electron chi connectivity index (χ0n) is 18.5. The van der Waals surface area contributed by atoms with Gasteiger partial charge >= 0.3 is 5.97 Å². The van der Waals surface area contributed by atoms with E-state index in [4.69, 9.17) is 9.47 Å². The number of hydrogen-bond acceptors (Lipinski definition) is 4. The molecule has 2 rings (SSSR count). The highest BCUT2D eigenvalue weighted by atomic mass is 16.5. The number of ether oxygens (including phenoxy) is 2. The van der Waals surface area contributed by atoms with E-state index in [-0.39, 0.29) is 5.97 Å². The van der Waals surface area contributed by atoms with Crippen LogP contribution in [0.25, 0.3) is 0 Å². The highest BCUT2D eigenvalue weighted by molar-refractivity contribution is 5.90. The molecule has 0 aliphatic carbocycles. The second kappa shape index (κ2) is 15.5. The van der Waals surface area contributed by atoms with Gasteiger partial charge in [0.1, 0.15) is 11.5 Å². The van der Waals surface area contributed by atoms with Crippen LogP contribution in [-0.4, -0.2) is 17.6 Å². The van der Waals surface area contributed by atoms with Crippen LogP contribution in [0.2, 0.25) is 0 Å². The van der Waals surface area contributed by atoms with Gasteiger partial charge in [0, 0.05) is 12.4 Å². The van der Waals surface area contributed by atoms with Crippen molar-refractivity contribution in [2.75, 3.05) is 6.61 Å². The highest BCUT2D eigenvalue weighted by Crippen LogP contribution is 2.19. The number of benzene rings is 1. The maximum Gasteiger partial charge on any atom is 0.343 e. The minimum atomic E-state index is -0.387. The van der Waals surface area contributed by atoms with E-state index in [1.54, 1.807) is 36.7 Å². The molecule has 164 valence electrons. The normalized spacial score (nSPS) is 10.7. The van der Waals surface area contributed by atoms with Gasteiger partial charge in [-0.15, -0.1) is 0 Å². The third-order valence-electron chi connectivity index (χ3n) is 5.22. The van der Waals surface area contributed by atoms with Gasteiger partial charge in [-0.25, -0.2) is 4.79 Å². The second-order valence-corrected chi connectivity index (χ2v) is 7.83. The number of unbranched alkanes of at least 4 members (excludes halogenated alkanes) is 11. The van der Waals surface area contributed by atoms with Crippen LogP contribution in [0.5, 0.6) is 11.5 Å². The number of carbonyl (C=O) groups excluding carboxylic acids is 1. The average molecular weight is 412 g/mol. The summed E-state index contributed by atoms with van der Waals surface area (Å²) in [6, 6.07) is 10.5. The predicted molar refractivity (Wildman–Crippen MR) is 122 cm³/mol. The Balaban J connectivity index is 1.47. The maximum atomic E-state index is 12.0. The van der Waals surface area contributed by atoms with Crippen molar-refractivity contribution in [3.8, 4) is 11.5 Å². The van der Waals surface area contributed by atoms with Gasteiger partial charge in [-0.2, -0.15) is 0 Å². The van der Waals surface area contributed by atoms with Crippen LogP contribution >= 0.6 is 0 Å². The summed E-state index contributed by atoms with van der Waals surface area (Å²) >= 11 is 0. The first-order valence-electron chi connectivity index (χ1n) is 11.6. The molecule has 0 fully saturated rings. The van der Waals surface area contributed by atoms with Crippen molar-refractivity contribution in [2.24, 2.45) is 0 Å². The lowest BCUT2D eigenvalue weighted by atomic mass is 10.1. The molecule has 30 heavy (non-hydrogen) atoms. The number of hydrogen-bond donors (Lipinski definition) is 0. The molecule has 0 atom stereocenters. The van der Waals surface area contributed by atoms with Gasteiger partial charge in [0.2, 0.25) is 0 Å². The summed E-state index contributed by atoms with van der Waals surface area (Å²) < 4.78 is 11.1. The summed E-state index contributed by atoms with van der Waals surface area (Å²) in [7, 11) is 0. The first-order chi connectivity index (χ1) is 14.8. The minimum Gasteiger partial charge on any atom is -0.494 e. The minimum absolute atomic E-state index is 0.387. The van der Waals surface area contributed by atoms with Gasteiger partial charge in [-0.05, 0) is 42.8 Å². The largest absolute Gasteiger partial charge is 0.494 e. The Morgan fingerprint density at radius 1 is 0.700 bits per heavy atom. The van der Waals surface area contributed by atoms with Gasteiger partial charge in [-0.3, -0.25) is 4.98 Å². The number of nitrogens with zero attached hydrogens (tertiary/aromatic N) is 1. The first-order valence-corrected chi connectivity index (χ1v) is 11.6. The van der Waals surface area contributed by atoms with Gasteiger partial charge in [0.25, 0.3) is 0 Å². The molecule has 4 heteroatoms. The number of esters is 1. The lowest BCUT2D eigenvalue weighted by Gasteiger charge is -2.08. The predicted octanol–water partition coefficient (Wildman–Crippen LogP) is 7.38. The Morgan fingerprint density at radius 2 is 1.20 bits per heavy atom. The van der Waals surface area contributed by atoms with E-state index < -0.39 is 0 Å². The van der Waals surface area contributed by atoms with Crippen LogP contribution in [0, 0.1) is 0 Å². The van der Waals surface area contributed by atoms with E-state index in [1.807, 2.05) is 12.1 Å². The van der Waals surface area contributed by atoms with E-state index in [2.05, 4.69) is 11.9 Å². The molecule has 0 amide bonds. The van der Waals surface area contributed by atoms with E-state index in [1.165, 1.54) is 70.6 Å². The Kier molecular flexibility index (Phi) is 12.3. The third kappa shape index (κ3) is 10.4. The number of rotatable bonds is 16. The van der Waals surface area contributed by atoms with Gasteiger partial charge in [0.15, 0.2) is 0 Å². The fraction of sp³-hybridized carbons (Fsp3) is 0.538. The van der Waals surface area contributed by atoms with Crippen LogP contribution in [0.1, 0.15) is 94.3 Å². The molecule has 0 aliphatic rings. The van der Waals surface area contributed by atoms with E-state index in [9.17, 15) is 4.79 Å². The molecule has 0 radical (unpaired) electrons. The Morgan fingerprint density at radius 3 is 1.77 bits per heavy atom. The molecule has 0 aliphatic heterocycles. The fourth-order valence-electron chi connectivity index (χ4n) is 3.39. The molecule has 0 N–H and O–H groups in total. The second-order valence-electron chi connectivity index (χ2n) is 7.83. The molecule has 1 aromatic heterocycles. The smallest absolute Gasteiger partial charge is 0.343 e. The van der Waals surface area contributed by atoms with Crippen molar-refractivity contribution in [3.05, 3.63) is 54.4 Å². The van der Waals surface area contributed by atoms with Gasteiger partial charge in [0.05, 0.1) is 12.2 Å². The number of pyridine rings is 1. The van der Waals surface area contributed by atoms with E-state index >= 15 is 0 Å². The quantitative estimate of drug-likeness (QED) is 0.164. The van der Waals surface area contributed by atoms with Crippen molar-refractivity contribution in [1.29, 1.82) is 0 Å². The van der Waals surface area contributed by atoms with Gasteiger partial charge < -0.3 is 9.47 Å². The maximum absolute atomic E-state index is 12.0. The molecule has 4 nitrogen and oxygen atoms in total. The molecular formula is C26H37NO3. The topological polar surface area (TPSA) is 48.4 Å². The summed E-state index contributed by atoms with van der Waals surface area (Å²) in [5, 5.41) is 0. The Labute approximate surface area is 182 Å². The zero-order valence-corrected chi connectivity index (χ0v) is 18.5. The van der Waals surface area contributed by atoms with Gasteiger partial charge in [-0.1, -0.05) is 77.6 Å². The molecule has 0 unspecified atom stereocenters. The number of aromatic nitrogens is 1. The highest BCUT2D eigenvalue weighted by Gasteiger charge is 2.08.